The highest BCUT2D eigenvalue weighted by atomic mass is 32.2. The van der Waals surface area contributed by atoms with Crippen LogP contribution in [-0.4, -0.2) is 43.2 Å². The highest BCUT2D eigenvalue weighted by Crippen LogP contribution is 2.35. The second kappa shape index (κ2) is 8.51. The molecule has 9 heteroatoms. The molecule has 1 amide bonds. The van der Waals surface area contributed by atoms with Gasteiger partial charge >= 0.3 is 10.2 Å². The van der Waals surface area contributed by atoms with Gasteiger partial charge in [-0.2, -0.15) is 18.2 Å². The predicted octanol–water partition coefficient (Wildman–Crippen LogP) is 1.56. The van der Waals surface area contributed by atoms with Crippen LogP contribution in [0.25, 0.3) is 0 Å². The van der Waals surface area contributed by atoms with Gasteiger partial charge in [0.15, 0.2) is 0 Å². The third-order valence-electron chi connectivity index (χ3n) is 6.98. The lowest BCUT2D eigenvalue weighted by molar-refractivity contribution is -0.118. The number of carbonyl (C=O) groups excluding carboxylic acids is 1. The van der Waals surface area contributed by atoms with Crippen LogP contribution in [0.3, 0.4) is 0 Å². The van der Waals surface area contributed by atoms with E-state index in [9.17, 15) is 13.2 Å². The first-order valence-electron chi connectivity index (χ1n) is 11.6. The summed E-state index contributed by atoms with van der Waals surface area (Å²) in [4.78, 5) is 14.9. The average molecular weight is 458 g/mol. The number of aromatic nitrogens is 2. The number of amides is 1. The molecule has 1 atom stereocenters. The van der Waals surface area contributed by atoms with Gasteiger partial charge in [0, 0.05) is 32.4 Å². The molecule has 1 aromatic carbocycles. The van der Waals surface area contributed by atoms with Crippen LogP contribution in [0.2, 0.25) is 0 Å². The smallest absolute Gasteiger partial charge is 0.301 e. The summed E-state index contributed by atoms with van der Waals surface area (Å²) in [5.74, 6) is -0.452. The summed E-state index contributed by atoms with van der Waals surface area (Å²) in [5.41, 5.74) is 7.34. The van der Waals surface area contributed by atoms with Crippen molar-refractivity contribution in [1.82, 2.24) is 19.2 Å². The van der Waals surface area contributed by atoms with Crippen LogP contribution >= 0.6 is 0 Å². The second-order valence-corrected chi connectivity index (χ2v) is 10.8. The van der Waals surface area contributed by atoms with E-state index in [0.717, 1.165) is 69.2 Å². The van der Waals surface area contributed by atoms with Crippen molar-refractivity contribution in [3.63, 3.8) is 0 Å². The van der Waals surface area contributed by atoms with Crippen molar-refractivity contribution < 1.29 is 13.2 Å². The van der Waals surface area contributed by atoms with E-state index in [-0.39, 0.29) is 12.5 Å². The Labute approximate surface area is 189 Å². The fourth-order valence-corrected chi connectivity index (χ4v) is 6.68. The van der Waals surface area contributed by atoms with Crippen LogP contribution in [0.1, 0.15) is 53.5 Å². The Morgan fingerprint density at radius 1 is 1.12 bits per heavy atom. The summed E-state index contributed by atoms with van der Waals surface area (Å²) in [7, 11) is -2.06. The molecule has 2 N–H and O–H groups in total. The normalized spacial score (nSPS) is 20.3. The molecular weight excluding hydrogens is 426 g/mol. The van der Waals surface area contributed by atoms with Gasteiger partial charge in [0.05, 0.1) is 18.3 Å². The van der Waals surface area contributed by atoms with Crippen LogP contribution in [-0.2, 0) is 54.2 Å². The number of fused-ring (bicyclic) bond motifs is 2. The molecule has 0 saturated carbocycles. The summed E-state index contributed by atoms with van der Waals surface area (Å²) in [5, 5.41) is 4.20. The van der Waals surface area contributed by atoms with Crippen molar-refractivity contribution in [3.8, 4) is 0 Å². The SMILES string of the molecule is Cn1cc(N2CCCC(NS(=O)(=O)NC(=O)Cc3c4c(cc5c3CCC5)CCC4)C2)cn1. The molecule has 2 heterocycles. The first-order valence-corrected chi connectivity index (χ1v) is 13.1. The van der Waals surface area contributed by atoms with Crippen LogP contribution in [0.5, 0.6) is 0 Å². The Morgan fingerprint density at radius 2 is 1.84 bits per heavy atom. The summed E-state index contributed by atoms with van der Waals surface area (Å²) in [6.45, 7) is 1.42. The summed E-state index contributed by atoms with van der Waals surface area (Å²) in [6.07, 6.45) is 11.8. The number of nitrogens with one attached hydrogen (secondary N) is 2. The lowest BCUT2D eigenvalue weighted by atomic mass is 9.92. The molecule has 0 bridgehead atoms. The largest absolute Gasteiger partial charge is 0.367 e. The van der Waals surface area contributed by atoms with Gasteiger partial charge in [-0.25, -0.2) is 4.72 Å². The third kappa shape index (κ3) is 4.41. The molecule has 2 aliphatic carbocycles. The minimum absolute atomic E-state index is 0.138. The lowest BCUT2D eigenvalue weighted by Gasteiger charge is -2.33. The van der Waals surface area contributed by atoms with E-state index in [1.807, 2.05) is 13.2 Å². The van der Waals surface area contributed by atoms with Gasteiger partial charge in [-0.1, -0.05) is 6.07 Å². The maximum absolute atomic E-state index is 12.8. The minimum Gasteiger partial charge on any atom is -0.367 e. The maximum atomic E-state index is 12.8. The lowest BCUT2D eigenvalue weighted by Crippen LogP contribution is -2.52. The van der Waals surface area contributed by atoms with Crippen LogP contribution in [0.4, 0.5) is 5.69 Å². The first kappa shape index (κ1) is 21.5. The Balaban J connectivity index is 1.24. The van der Waals surface area contributed by atoms with Gasteiger partial charge in [-0.15, -0.1) is 0 Å². The predicted molar refractivity (Wildman–Crippen MR) is 123 cm³/mol. The van der Waals surface area contributed by atoms with E-state index in [0.29, 0.717) is 6.54 Å². The molecule has 1 saturated heterocycles. The van der Waals surface area contributed by atoms with Gasteiger partial charge in [0.25, 0.3) is 0 Å². The zero-order valence-corrected chi connectivity index (χ0v) is 19.4. The molecule has 1 aromatic heterocycles. The number of anilines is 1. The summed E-state index contributed by atoms with van der Waals surface area (Å²) < 4.78 is 32.2. The topological polar surface area (TPSA) is 96.3 Å². The number of hydrogen-bond donors (Lipinski definition) is 2. The Bertz CT molecular complexity index is 1110. The first-order chi connectivity index (χ1) is 15.4. The van der Waals surface area contributed by atoms with E-state index < -0.39 is 16.1 Å². The van der Waals surface area contributed by atoms with Crippen LogP contribution < -0.4 is 14.3 Å². The number of carbonyl (C=O) groups is 1. The van der Waals surface area contributed by atoms with Gasteiger partial charge in [0.2, 0.25) is 5.91 Å². The Hall–Kier alpha value is -2.39. The van der Waals surface area contributed by atoms with Gasteiger partial charge in [-0.3, -0.25) is 9.48 Å². The number of rotatable bonds is 6. The van der Waals surface area contributed by atoms with E-state index in [4.69, 9.17) is 0 Å². The molecule has 0 radical (unpaired) electrons. The van der Waals surface area contributed by atoms with E-state index in [2.05, 4.69) is 25.5 Å². The van der Waals surface area contributed by atoms with Gasteiger partial charge in [-0.05, 0) is 79.2 Å². The Morgan fingerprint density at radius 3 is 2.50 bits per heavy atom. The fourth-order valence-electron chi connectivity index (χ4n) is 5.62. The highest BCUT2D eigenvalue weighted by molar-refractivity contribution is 7.88. The van der Waals surface area contributed by atoms with Crippen molar-refractivity contribution in [1.29, 1.82) is 0 Å². The summed E-state index contributed by atoms with van der Waals surface area (Å²) >= 11 is 0. The quantitative estimate of drug-likeness (QED) is 0.686. The molecular formula is C23H31N5O3S. The molecule has 1 fully saturated rings. The van der Waals surface area contributed by atoms with Gasteiger partial charge in [0.1, 0.15) is 0 Å². The molecule has 5 rings (SSSR count). The van der Waals surface area contributed by atoms with Crippen molar-refractivity contribution in [3.05, 3.63) is 46.3 Å². The number of benzene rings is 1. The second-order valence-electron chi connectivity index (χ2n) is 9.32. The van der Waals surface area contributed by atoms with Crippen LogP contribution in [0, 0.1) is 0 Å². The molecule has 1 aliphatic heterocycles. The monoisotopic (exact) mass is 457 g/mol. The van der Waals surface area contributed by atoms with E-state index in [1.165, 1.54) is 22.3 Å². The zero-order valence-electron chi connectivity index (χ0n) is 18.6. The molecule has 172 valence electrons. The van der Waals surface area contributed by atoms with Crippen molar-refractivity contribution in [2.75, 3.05) is 18.0 Å². The summed E-state index contributed by atoms with van der Waals surface area (Å²) in [6, 6.07) is 2.07. The van der Waals surface area contributed by atoms with Crippen molar-refractivity contribution >= 4 is 21.8 Å². The standard InChI is InChI=1S/C23H31N5O3S/c1-27-15-19(13-24-27)28-10-4-7-18(14-28)25-32(30,31)26-23(29)12-22-20-8-2-5-16(20)11-17-6-3-9-21(17)22/h11,13,15,18,25H,2-10,12,14H2,1H3,(H,26,29). The van der Waals surface area contributed by atoms with Crippen molar-refractivity contribution in [2.45, 2.75) is 63.8 Å². The van der Waals surface area contributed by atoms with Crippen LogP contribution in [0.15, 0.2) is 18.5 Å². The number of aryl methyl sites for hydroxylation is 3. The van der Waals surface area contributed by atoms with Crippen molar-refractivity contribution in [2.24, 2.45) is 7.05 Å². The molecule has 2 aromatic rings. The van der Waals surface area contributed by atoms with Gasteiger partial charge < -0.3 is 4.90 Å². The minimum atomic E-state index is -3.93. The maximum Gasteiger partial charge on any atom is 0.301 e. The average Bonchev–Trinajstić information content (AvgIpc) is 3.47. The van der Waals surface area contributed by atoms with E-state index in [1.54, 1.807) is 10.9 Å². The fraction of sp³-hybridized carbons (Fsp3) is 0.565. The molecule has 3 aliphatic rings. The molecule has 0 spiro atoms. The number of nitrogens with zero attached hydrogens (tertiary/aromatic N) is 3. The molecule has 1 unspecified atom stereocenters. The van der Waals surface area contributed by atoms with E-state index >= 15 is 0 Å². The third-order valence-corrected chi connectivity index (χ3v) is 8.12. The Kier molecular flexibility index (Phi) is 5.71. The highest BCUT2D eigenvalue weighted by Gasteiger charge is 2.28. The zero-order chi connectivity index (χ0) is 22.3. The molecule has 32 heavy (non-hydrogen) atoms. The molecule has 8 nitrogen and oxygen atoms in total. The number of hydrogen-bond acceptors (Lipinski definition) is 5. The number of piperidine rings is 1.